The van der Waals surface area contributed by atoms with Crippen molar-refractivity contribution in [3.63, 3.8) is 0 Å². The van der Waals surface area contributed by atoms with Gasteiger partial charge in [-0.2, -0.15) is 0 Å². The highest BCUT2D eigenvalue weighted by molar-refractivity contribution is 5.78. The van der Waals surface area contributed by atoms with E-state index in [0.717, 1.165) is 0 Å². The van der Waals surface area contributed by atoms with E-state index in [1.165, 1.54) is 0 Å². The zero-order valence-corrected chi connectivity index (χ0v) is 11.8. The van der Waals surface area contributed by atoms with Gasteiger partial charge in [0.1, 0.15) is 0 Å². The average molecular weight is 243 g/mol. The second-order valence-electron chi connectivity index (χ2n) is 6.00. The number of rotatable bonds is 3. The molecule has 0 aliphatic rings. The minimum Gasteiger partial charge on any atom is -0.414 e. The molecule has 1 radical (unpaired) electrons. The molecule has 4 heteroatoms. The summed E-state index contributed by atoms with van der Waals surface area (Å²) >= 11 is 0. The van der Waals surface area contributed by atoms with Crippen LogP contribution in [0.15, 0.2) is 0 Å². The third-order valence-electron chi connectivity index (χ3n) is 1.93. The van der Waals surface area contributed by atoms with Crippen molar-refractivity contribution in [2.45, 2.75) is 54.9 Å². The summed E-state index contributed by atoms with van der Waals surface area (Å²) in [5.74, 6) is -0.813. The summed E-state index contributed by atoms with van der Waals surface area (Å²) in [4.78, 5) is 23.3. The van der Waals surface area contributed by atoms with Crippen LogP contribution in [0.25, 0.3) is 0 Å². The molecule has 0 saturated heterocycles. The van der Waals surface area contributed by atoms with E-state index in [1.54, 1.807) is 48.5 Å². The van der Waals surface area contributed by atoms with Gasteiger partial charge in [0.15, 0.2) is 0 Å². The summed E-state index contributed by atoms with van der Waals surface area (Å²) in [5, 5.41) is 0. The first-order valence-electron chi connectivity index (χ1n) is 5.79. The SMILES string of the molecule is CC[C](OC(=O)C(C)(C)C)OC(=O)C(C)(C)C. The van der Waals surface area contributed by atoms with Gasteiger partial charge >= 0.3 is 18.2 Å². The molecular formula is C13H23O4. The lowest BCUT2D eigenvalue weighted by atomic mass is 9.97. The molecule has 0 aliphatic carbocycles. The van der Waals surface area contributed by atoms with Crippen LogP contribution in [-0.4, -0.2) is 11.9 Å². The van der Waals surface area contributed by atoms with Gasteiger partial charge in [0, 0.05) is 6.42 Å². The molecule has 0 aliphatic heterocycles. The molecule has 0 amide bonds. The first-order chi connectivity index (χ1) is 7.48. The topological polar surface area (TPSA) is 52.6 Å². The fourth-order valence-corrected chi connectivity index (χ4v) is 0.678. The van der Waals surface area contributed by atoms with Crippen LogP contribution in [-0.2, 0) is 19.1 Å². The number of ether oxygens (including phenoxy) is 2. The van der Waals surface area contributed by atoms with Gasteiger partial charge in [-0.1, -0.05) is 6.92 Å². The van der Waals surface area contributed by atoms with E-state index in [9.17, 15) is 9.59 Å². The molecule has 0 spiro atoms. The second-order valence-corrected chi connectivity index (χ2v) is 6.00. The molecule has 0 saturated carbocycles. The molecule has 0 bridgehead atoms. The maximum Gasteiger partial charge on any atom is 0.333 e. The van der Waals surface area contributed by atoms with Crippen molar-refractivity contribution in [1.29, 1.82) is 0 Å². The zero-order chi connectivity index (χ0) is 13.9. The summed E-state index contributed by atoms with van der Waals surface area (Å²) in [7, 11) is 0. The summed E-state index contributed by atoms with van der Waals surface area (Å²) in [6, 6.07) is 0. The maximum absolute atomic E-state index is 11.6. The summed E-state index contributed by atoms with van der Waals surface area (Å²) in [6.07, 6.45) is 0.425. The number of carbonyl (C=O) groups excluding carboxylic acids is 2. The molecule has 99 valence electrons. The van der Waals surface area contributed by atoms with Crippen LogP contribution in [0.3, 0.4) is 0 Å². The molecule has 0 aromatic rings. The van der Waals surface area contributed by atoms with E-state index in [4.69, 9.17) is 9.47 Å². The fraction of sp³-hybridized carbons (Fsp3) is 0.769. The Morgan fingerprint density at radius 1 is 0.824 bits per heavy atom. The van der Waals surface area contributed by atoms with Crippen LogP contribution in [0.1, 0.15) is 54.9 Å². The molecule has 0 N–H and O–H groups in total. The van der Waals surface area contributed by atoms with Crippen LogP contribution < -0.4 is 0 Å². The molecule has 0 atom stereocenters. The van der Waals surface area contributed by atoms with Crippen molar-refractivity contribution in [3.05, 3.63) is 6.29 Å². The van der Waals surface area contributed by atoms with Crippen molar-refractivity contribution in [1.82, 2.24) is 0 Å². The highest BCUT2D eigenvalue weighted by Gasteiger charge is 2.31. The Hall–Kier alpha value is -1.06. The third kappa shape index (κ3) is 5.71. The first-order valence-corrected chi connectivity index (χ1v) is 5.79. The largest absolute Gasteiger partial charge is 0.414 e. The predicted molar refractivity (Wildman–Crippen MR) is 64.6 cm³/mol. The van der Waals surface area contributed by atoms with Gasteiger partial charge in [-0.25, -0.2) is 0 Å². The lowest BCUT2D eigenvalue weighted by molar-refractivity contribution is -0.175. The Morgan fingerprint density at radius 2 is 1.12 bits per heavy atom. The molecule has 0 aromatic carbocycles. The lowest BCUT2D eigenvalue weighted by Crippen LogP contribution is -2.30. The van der Waals surface area contributed by atoms with Crippen LogP contribution in [0.5, 0.6) is 0 Å². The normalized spacial score (nSPS) is 12.5. The van der Waals surface area contributed by atoms with Crippen LogP contribution in [0.4, 0.5) is 0 Å². The standard InChI is InChI=1S/C13H23O4/c1-8-9(16-10(14)12(2,3)4)17-11(15)13(5,6)7/h8H2,1-7H3. The summed E-state index contributed by atoms with van der Waals surface area (Å²) in [5.41, 5.74) is -1.23. The molecule has 0 unspecified atom stereocenters. The van der Waals surface area contributed by atoms with Crippen LogP contribution in [0.2, 0.25) is 0 Å². The van der Waals surface area contributed by atoms with Crippen molar-refractivity contribution >= 4 is 11.9 Å². The summed E-state index contributed by atoms with van der Waals surface area (Å²) < 4.78 is 10.1. The van der Waals surface area contributed by atoms with Gasteiger partial charge in [-0.3, -0.25) is 9.59 Å². The third-order valence-corrected chi connectivity index (χ3v) is 1.93. The van der Waals surface area contributed by atoms with E-state index in [2.05, 4.69) is 0 Å². The molecule has 4 nitrogen and oxygen atoms in total. The summed E-state index contributed by atoms with van der Waals surface area (Å²) in [6.45, 7) is 12.2. The maximum atomic E-state index is 11.6. The Bertz CT molecular complexity index is 253. The van der Waals surface area contributed by atoms with Crippen molar-refractivity contribution in [2.24, 2.45) is 10.8 Å². The van der Waals surface area contributed by atoms with E-state index in [0.29, 0.717) is 6.42 Å². The van der Waals surface area contributed by atoms with Crippen molar-refractivity contribution < 1.29 is 19.1 Å². The second kappa shape index (κ2) is 5.52. The molecule has 17 heavy (non-hydrogen) atoms. The van der Waals surface area contributed by atoms with Gasteiger partial charge in [-0.15, -0.1) is 0 Å². The van der Waals surface area contributed by atoms with Gasteiger partial charge in [-0.05, 0) is 41.5 Å². The molecule has 0 aromatic heterocycles. The van der Waals surface area contributed by atoms with Crippen LogP contribution in [0, 0.1) is 17.1 Å². The Labute approximate surface area is 104 Å². The van der Waals surface area contributed by atoms with Gasteiger partial charge in [0.05, 0.1) is 10.8 Å². The molecule has 0 heterocycles. The van der Waals surface area contributed by atoms with Crippen LogP contribution >= 0.6 is 0 Å². The van der Waals surface area contributed by atoms with Crippen molar-refractivity contribution in [3.8, 4) is 0 Å². The van der Waals surface area contributed by atoms with E-state index >= 15 is 0 Å². The van der Waals surface area contributed by atoms with E-state index < -0.39 is 22.8 Å². The van der Waals surface area contributed by atoms with E-state index in [1.807, 2.05) is 0 Å². The molecule has 0 fully saturated rings. The van der Waals surface area contributed by atoms with Gasteiger partial charge in [0.2, 0.25) is 0 Å². The zero-order valence-electron chi connectivity index (χ0n) is 11.8. The first kappa shape index (κ1) is 15.9. The average Bonchev–Trinajstić information content (AvgIpc) is 2.13. The Morgan fingerprint density at radius 3 is 1.29 bits per heavy atom. The molecule has 0 rings (SSSR count). The number of hydrogen-bond donors (Lipinski definition) is 0. The molecular weight excluding hydrogens is 220 g/mol. The highest BCUT2D eigenvalue weighted by Crippen LogP contribution is 2.24. The number of carbonyl (C=O) groups is 2. The van der Waals surface area contributed by atoms with Gasteiger partial charge in [0.25, 0.3) is 0 Å². The van der Waals surface area contributed by atoms with Gasteiger partial charge < -0.3 is 9.47 Å². The Kier molecular flexibility index (Phi) is 5.17. The van der Waals surface area contributed by atoms with Crippen molar-refractivity contribution in [2.75, 3.05) is 0 Å². The Balaban J connectivity index is 4.47. The predicted octanol–water partition coefficient (Wildman–Crippen LogP) is 3.06. The minimum atomic E-state index is -0.617. The fourth-order valence-electron chi connectivity index (χ4n) is 0.678. The highest BCUT2D eigenvalue weighted by atomic mass is 16.7. The number of hydrogen-bond acceptors (Lipinski definition) is 4. The minimum absolute atomic E-state index is 0.0600. The smallest absolute Gasteiger partial charge is 0.333 e. The number of esters is 2. The quantitative estimate of drug-likeness (QED) is 0.715. The lowest BCUT2D eigenvalue weighted by Gasteiger charge is -2.23. The monoisotopic (exact) mass is 243 g/mol. The van der Waals surface area contributed by atoms with E-state index in [-0.39, 0.29) is 6.29 Å².